The van der Waals surface area contributed by atoms with E-state index in [1.54, 1.807) is 0 Å². The molecule has 4 aromatic heterocycles. The van der Waals surface area contributed by atoms with Crippen LogP contribution in [0.5, 0.6) is 0 Å². The molecule has 0 bridgehead atoms. The fourth-order valence-corrected chi connectivity index (χ4v) is 3.84. The lowest BCUT2D eigenvalue weighted by Crippen LogP contribution is -2.04. The Kier molecular flexibility index (Phi) is 3.43. The van der Waals surface area contributed by atoms with Crippen LogP contribution >= 0.6 is 0 Å². The molecule has 138 valence electrons. The van der Waals surface area contributed by atoms with E-state index in [0.717, 1.165) is 47.1 Å². The number of aromatic nitrogens is 8. The molecule has 27 heavy (non-hydrogen) atoms. The number of nitrogens with zero attached hydrogens (tertiary/aromatic N) is 8. The highest BCUT2D eigenvalue weighted by Crippen LogP contribution is 2.54. The van der Waals surface area contributed by atoms with Crippen LogP contribution in [0.25, 0.3) is 17.0 Å². The van der Waals surface area contributed by atoms with Crippen LogP contribution in [0.15, 0.2) is 24.5 Å². The molecule has 2 atom stereocenters. The van der Waals surface area contributed by atoms with Crippen LogP contribution in [0.2, 0.25) is 0 Å². The van der Waals surface area contributed by atoms with Crippen molar-refractivity contribution in [2.45, 2.75) is 45.6 Å². The average molecular weight is 362 g/mol. The molecule has 4 heterocycles. The van der Waals surface area contributed by atoms with Crippen LogP contribution in [0.3, 0.4) is 0 Å². The maximum atomic E-state index is 4.88. The fourth-order valence-electron chi connectivity index (χ4n) is 3.84. The zero-order valence-corrected chi connectivity index (χ0v) is 16.0. The average Bonchev–Trinajstić information content (AvgIpc) is 2.98. The molecule has 0 amide bonds. The van der Waals surface area contributed by atoms with Crippen molar-refractivity contribution in [3.8, 4) is 11.4 Å². The molecule has 0 N–H and O–H groups in total. The SMILES string of the molecule is CCn1nc([C@@H]2C[C@H]2c2cnn(C)c2)cc1-c1cc(C)c2nnc(C)n2n1. The first-order valence-corrected chi connectivity index (χ1v) is 9.31. The van der Waals surface area contributed by atoms with Gasteiger partial charge in [-0.05, 0) is 56.4 Å². The molecule has 5 rings (SSSR count). The second-order valence-corrected chi connectivity index (χ2v) is 7.36. The third kappa shape index (κ3) is 2.55. The number of hydrogen-bond acceptors (Lipinski definition) is 5. The van der Waals surface area contributed by atoms with Crippen molar-refractivity contribution in [3.63, 3.8) is 0 Å². The summed E-state index contributed by atoms with van der Waals surface area (Å²) in [6.07, 6.45) is 5.20. The van der Waals surface area contributed by atoms with Gasteiger partial charge in [0.1, 0.15) is 5.69 Å². The molecule has 1 fully saturated rings. The van der Waals surface area contributed by atoms with Gasteiger partial charge in [-0.3, -0.25) is 9.36 Å². The molecular weight excluding hydrogens is 340 g/mol. The molecule has 4 aromatic rings. The second-order valence-electron chi connectivity index (χ2n) is 7.36. The summed E-state index contributed by atoms with van der Waals surface area (Å²) in [6.45, 7) is 6.88. The van der Waals surface area contributed by atoms with Crippen LogP contribution < -0.4 is 0 Å². The maximum Gasteiger partial charge on any atom is 0.180 e. The van der Waals surface area contributed by atoms with Gasteiger partial charge in [0.15, 0.2) is 11.5 Å². The lowest BCUT2D eigenvalue weighted by atomic mass is 10.1. The summed E-state index contributed by atoms with van der Waals surface area (Å²) in [4.78, 5) is 0. The van der Waals surface area contributed by atoms with E-state index in [9.17, 15) is 0 Å². The summed E-state index contributed by atoms with van der Waals surface area (Å²) < 4.78 is 5.72. The molecule has 8 heteroatoms. The van der Waals surface area contributed by atoms with Crippen LogP contribution in [-0.2, 0) is 13.6 Å². The second kappa shape index (κ2) is 5.73. The summed E-state index contributed by atoms with van der Waals surface area (Å²) in [5.74, 6) is 1.77. The van der Waals surface area contributed by atoms with Crippen LogP contribution in [-0.4, -0.2) is 39.4 Å². The Morgan fingerprint density at radius 3 is 2.70 bits per heavy atom. The van der Waals surface area contributed by atoms with Crippen LogP contribution in [0, 0.1) is 13.8 Å². The maximum absolute atomic E-state index is 4.88. The molecule has 1 aliphatic rings. The van der Waals surface area contributed by atoms with Crippen molar-refractivity contribution in [1.29, 1.82) is 0 Å². The number of fused-ring (bicyclic) bond motifs is 1. The summed E-state index contributed by atoms with van der Waals surface area (Å²) in [5, 5.41) is 22.3. The highest BCUT2D eigenvalue weighted by molar-refractivity contribution is 5.60. The highest BCUT2D eigenvalue weighted by Gasteiger charge is 2.42. The quantitative estimate of drug-likeness (QED) is 0.558. The molecule has 0 saturated heterocycles. The Morgan fingerprint density at radius 2 is 1.96 bits per heavy atom. The van der Waals surface area contributed by atoms with Gasteiger partial charge in [-0.25, -0.2) is 0 Å². The molecule has 0 aromatic carbocycles. The van der Waals surface area contributed by atoms with E-state index in [2.05, 4.69) is 40.5 Å². The van der Waals surface area contributed by atoms with Gasteiger partial charge < -0.3 is 0 Å². The molecule has 8 nitrogen and oxygen atoms in total. The summed E-state index contributed by atoms with van der Waals surface area (Å²) >= 11 is 0. The van der Waals surface area contributed by atoms with E-state index in [-0.39, 0.29) is 0 Å². The monoisotopic (exact) mass is 362 g/mol. The third-order valence-electron chi connectivity index (χ3n) is 5.39. The minimum Gasteiger partial charge on any atom is -0.276 e. The third-order valence-corrected chi connectivity index (χ3v) is 5.39. The van der Waals surface area contributed by atoms with Crippen molar-refractivity contribution in [2.75, 3.05) is 0 Å². The van der Waals surface area contributed by atoms with Crippen molar-refractivity contribution < 1.29 is 0 Å². The van der Waals surface area contributed by atoms with Crippen LogP contribution in [0.4, 0.5) is 0 Å². The Balaban J connectivity index is 1.53. The normalized spacial score (nSPS) is 19.1. The summed E-state index contributed by atoms with van der Waals surface area (Å²) in [7, 11) is 1.96. The van der Waals surface area contributed by atoms with Crippen molar-refractivity contribution in [1.82, 2.24) is 39.4 Å². The molecule has 1 aliphatic carbocycles. The fraction of sp³-hybridized carbons (Fsp3) is 0.421. The van der Waals surface area contributed by atoms with Gasteiger partial charge in [0, 0.05) is 25.7 Å². The first-order valence-electron chi connectivity index (χ1n) is 9.31. The van der Waals surface area contributed by atoms with E-state index in [1.807, 2.05) is 41.0 Å². The lowest BCUT2D eigenvalue weighted by molar-refractivity contribution is 0.650. The van der Waals surface area contributed by atoms with E-state index in [0.29, 0.717) is 11.8 Å². The van der Waals surface area contributed by atoms with Gasteiger partial charge in [-0.15, -0.1) is 10.2 Å². The summed E-state index contributed by atoms with van der Waals surface area (Å²) in [5.41, 5.74) is 6.25. The Labute approximate surface area is 156 Å². The van der Waals surface area contributed by atoms with Gasteiger partial charge in [0.2, 0.25) is 0 Å². The van der Waals surface area contributed by atoms with Crippen molar-refractivity contribution in [2.24, 2.45) is 7.05 Å². The Bertz CT molecular complexity index is 1150. The van der Waals surface area contributed by atoms with Gasteiger partial charge in [0.25, 0.3) is 0 Å². The van der Waals surface area contributed by atoms with E-state index in [4.69, 9.17) is 10.2 Å². The van der Waals surface area contributed by atoms with E-state index in [1.165, 1.54) is 5.56 Å². The molecule has 0 unspecified atom stereocenters. The predicted octanol–water partition coefficient (Wildman–Crippen LogP) is 2.63. The van der Waals surface area contributed by atoms with Gasteiger partial charge in [0.05, 0.1) is 17.6 Å². The first-order chi connectivity index (χ1) is 13.0. The molecular formula is C19H22N8. The lowest BCUT2D eigenvalue weighted by Gasteiger charge is -2.06. The van der Waals surface area contributed by atoms with Crippen molar-refractivity contribution in [3.05, 3.63) is 47.2 Å². The number of hydrogen-bond donors (Lipinski definition) is 0. The predicted molar refractivity (Wildman–Crippen MR) is 100 cm³/mol. The largest absolute Gasteiger partial charge is 0.276 e. The van der Waals surface area contributed by atoms with Gasteiger partial charge in [-0.1, -0.05) is 0 Å². The van der Waals surface area contributed by atoms with E-state index < -0.39 is 0 Å². The highest BCUT2D eigenvalue weighted by atomic mass is 15.4. The molecule has 0 aliphatic heterocycles. The smallest absolute Gasteiger partial charge is 0.180 e. The molecule has 0 radical (unpaired) electrons. The van der Waals surface area contributed by atoms with E-state index >= 15 is 0 Å². The Hall–Kier alpha value is -3.03. The standard InChI is InChI=1S/C19H22N8/c1-5-26-18(17-6-11(2)19-22-21-12(3)27(19)24-17)8-16(23-26)15-7-14(15)13-9-20-25(4)10-13/h6,8-10,14-15H,5,7H2,1-4H3/t14-,15+/m0/s1. The topological polar surface area (TPSA) is 78.7 Å². The zero-order valence-electron chi connectivity index (χ0n) is 16.0. The van der Waals surface area contributed by atoms with Gasteiger partial charge in [-0.2, -0.15) is 19.8 Å². The molecule has 0 spiro atoms. The number of aryl methyl sites for hydroxylation is 4. The minimum absolute atomic E-state index is 0.460. The minimum atomic E-state index is 0.460. The van der Waals surface area contributed by atoms with Crippen molar-refractivity contribution >= 4 is 5.65 Å². The van der Waals surface area contributed by atoms with Gasteiger partial charge >= 0.3 is 0 Å². The Morgan fingerprint density at radius 1 is 1.11 bits per heavy atom. The van der Waals surface area contributed by atoms with Crippen LogP contribution in [0.1, 0.15) is 47.8 Å². The molecule has 1 saturated carbocycles. The zero-order chi connectivity index (χ0) is 18.7. The first kappa shape index (κ1) is 16.2. The summed E-state index contributed by atoms with van der Waals surface area (Å²) in [6, 6.07) is 4.26. The number of rotatable bonds is 4.